The second kappa shape index (κ2) is 6.64. The number of halogens is 1. The predicted octanol–water partition coefficient (Wildman–Crippen LogP) is 3.38. The lowest BCUT2D eigenvalue weighted by Crippen LogP contribution is -2.23. The van der Waals surface area contributed by atoms with E-state index in [-0.39, 0.29) is 0 Å². The Bertz CT molecular complexity index is 498. The summed E-state index contributed by atoms with van der Waals surface area (Å²) in [7, 11) is 0. The smallest absolute Gasteiger partial charge is 0.138 e. The van der Waals surface area contributed by atoms with E-state index in [1.54, 1.807) is 0 Å². The third-order valence-electron chi connectivity index (χ3n) is 2.52. The Morgan fingerprint density at radius 3 is 2.67 bits per heavy atom. The van der Waals surface area contributed by atoms with Crippen molar-refractivity contribution in [2.45, 2.75) is 13.1 Å². The maximum Gasteiger partial charge on any atom is 0.138 e. The van der Waals surface area contributed by atoms with E-state index in [0.717, 1.165) is 18.8 Å². The van der Waals surface area contributed by atoms with Crippen molar-refractivity contribution in [3.63, 3.8) is 0 Å². The van der Waals surface area contributed by atoms with Gasteiger partial charge in [-0.25, -0.2) is 0 Å². The van der Waals surface area contributed by atoms with Crippen LogP contribution >= 0.6 is 23.1 Å². The minimum atomic E-state index is 0.664. The quantitative estimate of drug-likeness (QED) is 0.759. The molecule has 0 N–H and O–H groups in total. The monoisotopic (exact) mass is 279 g/mol. The van der Waals surface area contributed by atoms with Crippen molar-refractivity contribution in [1.82, 2.24) is 14.5 Å². The highest BCUT2D eigenvalue weighted by Gasteiger charge is 2.11. The molecule has 0 saturated heterocycles. The molecule has 0 aliphatic heterocycles. The van der Waals surface area contributed by atoms with Crippen molar-refractivity contribution in [2.24, 2.45) is 0 Å². The van der Waals surface area contributed by atoms with Gasteiger partial charge in [-0.15, -0.1) is 11.7 Å². The first kappa shape index (κ1) is 13.2. The second-order valence-corrected chi connectivity index (χ2v) is 5.29. The second-order valence-electron chi connectivity index (χ2n) is 3.94. The van der Waals surface area contributed by atoms with Crippen molar-refractivity contribution in [3.8, 4) is 0 Å². The summed E-state index contributed by atoms with van der Waals surface area (Å²) >= 11 is 7.25. The minimum absolute atomic E-state index is 0.664. The van der Waals surface area contributed by atoms with Gasteiger partial charge in [-0.05, 0) is 5.56 Å². The Morgan fingerprint density at radius 2 is 2.06 bits per heavy atom. The van der Waals surface area contributed by atoms with Crippen molar-refractivity contribution in [3.05, 3.63) is 58.6 Å². The largest absolute Gasteiger partial charge is 0.289 e. The molecule has 0 bridgehead atoms. The lowest BCUT2D eigenvalue weighted by Gasteiger charge is -2.19. The molecule has 18 heavy (non-hydrogen) atoms. The third kappa shape index (κ3) is 3.63. The van der Waals surface area contributed by atoms with E-state index < -0.39 is 0 Å². The van der Waals surface area contributed by atoms with Gasteiger partial charge in [0.2, 0.25) is 0 Å². The standard InChI is InChI=1S/C13H14ClN3S/c1-2-8-17(9-11-6-4-3-5-7-11)10-12-13(14)18-16-15-12/h2-7H,1,8-10H2. The van der Waals surface area contributed by atoms with Crippen molar-refractivity contribution in [2.75, 3.05) is 6.54 Å². The zero-order chi connectivity index (χ0) is 12.8. The highest BCUT2D eigenvalue weighted by Crippen LogP contribution is 2.19. The lowest BCUT2D eigenvalue weighted by molar-refractivity contribution is 0.282. The predicted molar refractivity (Wildman–Crippen MR) is 75.7 cm³/mol. The van der Waals surface area contributed by atoms with Gasteiger partial charge >= 0.3 is 0 Å². The molecular weight excluding hydrogens is 266 g/mol. The van der Waals surface area contributed by atoms with Gasteiger partial charge in [0.25, 0.3) is 0 Å². The van der Waals surface area contributed by atoms with Crippen LogP contribution in [0.2, 0.25) is 4.34 Å². The van der Waals surface area contributed by atoms with E-state index in [1.165, 1.54) is 17.1 Å². The van der Waals surface area contributed by atoms with Crippen LogP contribution in [0.5, 0.6) is 0 Å². The minimum Gasteiger partial charge on any atom is -0.289 e. The molecule has 0 aliphatic carbocycles. The molecule has 1 aromatic carbocycles. The molecule has 2 aromatic rings. The maximum absolute atomic E-state index is 6.03. The highest BCUT2D eigenvalue weighted by atomic mass is 35.5. The Labute approximate surface area is 116 Å². The lowest BCUT2D eigenvalue weighted by atomic mass is 10.2. The summed E-state index contributed by atoms with van der Waals surface area (Å²) in [6.45, 7) is 6.12. The first-order valence-electron chi connectivity index (χ1n) is 5.63. The summed E-state index contributed by atoms with van der Waals surface area (Å²) in [6.07, 6.45) is 1.89. The summed E-state index contributed by atoms with van der Waals surface area (Å²) in [5.41, 5.74) is 2.10. The number of benzene rings is 1. The van der Waals surface area contributed by atoms with E-state index in [0.29, 0.717) is 10.9 Å². The molecule has 1 aromatic heterocycles. The van der Waals surface area contributed by atoms with Crippen molar-refractivity contribution >= 4 is 23.1 Å². The number of aromatic nitrogens is 2. The van der Waals surface area contributed by atoms with Crippen LogP contribution in [-0.4, -0.2) is 21.0 Å². The summed E-state index contributed by atoms with van der Waals surface area (Å²) in [4.78, 5) is 2.23. The summed E-state index contributed by atoms with van der Waals surface area (Å²) in [6, 6.07) is 10.3. The van der Waals surface area contributed by atoms with Crippen LogP contribution in [0, 0.1) is 0 Å². The van der Waals surface area contributed by atoms with Gasteiger partial charge in [0, 0.05) is 31.2 Å². The van der Waals surface area contributed by atoms with E-state index >= 15 is 0 Å². The molecule has 0 unspecified atom stereocenters. The van der Waals surface area contributed by atoms with E-state index in [2.05, 4.69) is 33.2 Å². The molecular formula is C13H14ClN3S. The first-order chi connectivity index (χ1) is 8.79. The van der Waals surface area contributed by atoms with Crippen LogP contribution < -0.4 is 0 Å². The number of hydrogen-bond acceptors (Lipinski definition) is 4. The van der Waals surface area contributed by atoms with Crippen LogP contribution in [0.3, 0.4) is 0 Å². The molecule has 0 saturated carbocycles. The molecule has 0 fully saturated rings. The van der Waals surface area contributed by atoms with Crippen LogP contribution in [0.15, 0.2) is 43.0 Å². The summed E-state index contributed by atoms with van der Waals surface area (Å²) < 4.78 is 4.51. The third-order valence-corrected chi connectivity index (χ3v) is 3.50. The Hall–Kier alpha value is -1.23. The van der Waals surface area contributed by atoms with Crippen LogP contribution in [-0.2, 0) is 13.1 Å². The van der Waals surface area contributed by atoms with Gasteiger partial charge in [0.15, 0.2) is 0 Å². The van der Waals surface area contributed by atoms with Crippen molar-refractivity contribution < 1.29 is 0 Å². The highest BCUT2D eigenvalue weighted by molar-refractivity contribution is 7.10. The molecule has 94 valence electrons. The summed E-state index contributed by atoms with van der Waals surface area (Å²) in [5, 5.41) is 4.04. The molecule has 1 heterocycles. The maximum atomic E-state index is 6.03. The molecule has 3 nitrogen and oxygen atoms in total. The Morgan fingerprint density at radius 1 is 1.28 bits per heavy atom. The number of hydrogen-bond donors (Lipinski definition) is 0. The van der Waals surface area contributed by atoms with Crippen molar-refractivity contribution in [1.29, 1.82) is 0 Å². The van der Waals surface area contributed by atoms with Crippen LogP contribution in [0.25, 0.3) is 0 Å². The topological polar surface area (TPSA) is 29.0 Å². The van der Waals surface area contributed by atoms with Crippen LogP contribution in [0.1, 0.15) is 11.3 Å². The molecule has 0 atom stereocenters. The van der Waals surface area contributed by atoms with Gasteiger partial charge in [-0.1, -0.05) is 52.5 Å². The molecule has 0 aliphatic rings. The zero-order valence-corrected chi connectivity index (χ0v) is 11.5. The van der Waals surface area contributed by atoms with Gasteiger partial charge in [-0.2, -0.15) is 0 Å². The Balaban J connectivity index is 2.04. The van der Waals surface area contributed by atoms with E-state index in [1.807, 2.05) is 24.3 Å². The van der Waals surface area contributed by atoms with E-state index in [4.69, 9.17) is 11.6 Å². The average Bonchev–Trinajstić information content (AvgIpc) is 2.77. The zero-order valence-electron chi connectivity index (χ0n) is 9.92. The van der Waals surface area contributed by atoms with Gasteiger partial charge in [0.05, 0.1) is 0 Å². The van der Waals surface area contributed by atoms with Crippen LogP contribution in [0.4, 0.5) is 0 Å². The van der Waals surface area contributed by atoms with Gasteiger partial charge in [-0.3, -0.25) is 4.90 Å². The van der Waals surface area contributed by atoms with Gasteiger partial charge < -0.3 is 0 Å². The summed E-state index contributed by atoms with van der Waals surface area (Å²) in [5.74, 6) is 0. The molecule has 0 spiro atoms. The normalized spacial score (nSPS) is 10.8. The molecule has 0 radical (unpaired) electrons. The molecule has 2 rings (SSSR count). The van der Waals surface area contributed by atoms with Gasteiger partial charge in [0.1, 0.15) is 10.0 Å². The molecule has 5 heteroatoms. The fourth-order valence-electron chi connectivity index (χ4n) is 1.71. The average molecular weight is 280 g/mol. The fourth-order valence-corrected chi connectivity index (χ4v) is 2.32. The molecule has 0 amide bonds. The number of nitrogens with zero attached hydrogens (tertiary/aromatic N) is 3. The Kier molecular flexibility index (Phi) is 4.87. The first-order valence-corrected chi connectivity index (χ1v) is 6.78. The van der Waals surface area contributed by atoms with E-state index in [9.17, 15) is 0 Å². The number of rotatable bonds is 6. The fraction of sp³-hybridized carbons (Fsp3) is 0.231. The SMILES string of the molecule is C=CCN(Cc1ccccc1)Cc1nnsc1Cl.